The maximum atomic E-state index is 6.30. The summed E-state index contributed by atoms with van der Waals surface area (Å²) in [5.74, 6) is 0. The maximum absolute atomic E-state index is 6.30. The Morgan fingerprint density at radius 1 is 0.415 bits per heavy atom. The minimum Gasteiger partial charge on any atom is -0.456 e. The molecule has 9 aromatic carbocycles. The van der Waals surface area contributed by atoms with Gasteiger partial charge in [0.15, 0.2) is 0 Å². The Balaban J connectivity index is 1.10. The van der Waals surface area contributed by atoms with Gasteiger partial charge in [0.25, 0.3) is 0 Å². The summed E-state index contributed by atoms with van der Waals surface area (Å²) in [6, 6.07) is 58.7. The average molecular weight is 693 g/mol. The molecule has 0 saturated heterocycles. The van der Waals surface area contributed by atoms with Gasteiger partial charge in [-0.3, -0.25) is 0 Å². The van der Waals surface area contributed by atoms with E-state index in [1.807, 2.05) is 17.4 Å². The molecule has 0 fully saturated rings. The lowest BCUT2D eigenvalue weighted by atomic mass is 9.81. The first-order chi connectivity index (χ1) is 26.0. The number of para-hydroxylation sites is 1. The molecule has 0 aliphatic heterocycles. The van der Waals surface area contributed by atoms with Crippen LogP contribution in [-0.4, -0.2) is 0 Å². The van der Waals surface area contributed by atoms with Crippen molar-refractivity contribution in [2.75, 3.05) is 0 Å². The summed E-state index contributed by atoms with van der Waals surface area (Å²) in [6.07, 6.45) is 0. The molecule has 1 aliphatic carbocycles. The third kappa shape index (κ3) is 3.96. The molecule has 0 unspecified atom stereocenters. The van der Waals surface area contributed by atoms with Crippen LogP contribution in [0, 0.1) is 0 Å². The zero-order valence-electron chi connectivity index (χ0n) is 29.3. The van der Waals surface area contributed by atoms with E-state index in [2.05, 4.69) is 166 Å². The second kappa shape index (κ2) is 10.4. The Kier molecular flexibility index (Phi) is 5.78. The second-order valence-electron chi connectivity index (χ2n) is 15.2. The number of thiophene rings is 1. The van der Waals surface area contributed by atoms with Crippen molar-refractivity contribution in [2.45, 2.75) is 19.3 Å². The van der Waals surface area contributed by atoms with Crippen LogP contribution in [0.15, 0.2) is 162 Å². The van der Waals surface area contributed by atoms with E-state index in [4.69, 9.17) is 4.42 Å². The van der Waals surface area contributed by atoms with Crippen LogP contribution < -0.4 is 0 Å². The van der Waals surface area contributed by atoms with E-state index in [1.54, 1.807) is 0 Å². The second-order valence-corrected chi connectivity index (χ2v) is 16.3. The minimum atomic E-state index is -0.141. The standard InChI is InChI=1S/C51H32OS/c1-51(2)42-22-19-30(26-39(42)40-25-29-20-23-45-50(38(29)28-43(40)51)37-16-7-9-17-44(37)52-45)48-33-12-3-5-14-35(33)49(36-15-6-4-13-34(36)48)31-21-24-47-41(27-31)32-11-8-10-18-46(32)53-47/h3-28H,1-2H3. The Bertz CT molecular complexity index is 3320. The molecule has 2 heteroatoms. The summed E-state index contributed by atoms with van der Waals surface area (Å²) in [5.41, 5.74) is 12.3. The third-order valence-electron chi connectivity index (χ3n) is 12.0. The maximum Gasteiger partial charge on any atom is 0.136 e. The molecule has 248 valence electrons. The summed E-state index contributed by atoms with van der Waals surface area (Å²) in [6.45, 7) is 4.76. The molecule has 0 N–H and O–H groups in total. The molecule has 2 aromatic heterocycles. The zero-order chi connectivity index (χ0) is 35.0. The largest absolute Gasteiger partial charge is 0.456 e. The van der Waals surface area contributed by atoms with Gasteiger partial charge in [0.2, 0.25) is 0 Å². The van der Waals surface area contributed by atoms with Crippen molar-refractivity contribution in [2.24, 2.45) is 0 Å². The molecule has 0 radical (unpaired) electrons. The third-order valence-corrected chi connectivity index (χ3v) is 13.2. The van der Waals surface area contributed by atoms with Crippen LogP contribution in [0.3, 0.4) is 0 Å². The molecular formula is C51H32OS. The van der Waals surface area contributed by atoms with Crippen LogP contribution in [0.2, 0.25) is 0 Å². The Morgan fingerprint density at radius 3 is 1.74 bits per heavy atom. The van der Waals surface area contributed by atoms with Crippen molar-refractivity contribution < 1.29 is 4.42 Å². The first kappa shape index (κ1) is 29.4. The molecule has 0 atom stereocenters. The number of hydrogen-bond acceptors (Lipinski definition) is 2. The van der Waals surface area contributed by atoms with Gasteiger partial charge in [0, 0.05) is 36.4 Å². The lowest BCUT2D eigenvalue weighted by Gasteiger charge is -2.22. The highest BCUT2D eigenvalue weighted by atomic mass is 32.1. The number of fused-ring (bicyclic) bond motifs is 13. The minimum absolute atomic E-state index is 0.141. The number of furan rings is 1. The van der Waals surface area contributed by atoms with E-state index in [0.717, 1.165) is 11.2 Å². The van der Waals surface area contributed by atoms with Crippen molar-refractivity contribution in [1.29, 1.82) is 0 Å². The molecule has 12 rings (SSSR count). The SMILES string of the molecule is CC1(C)c2ccc(-c3c4ccccc4c(-c4ccc5sc6ccccc6c5c4)c4ccccc34)cc2-c2cc3ccc4oc5ccccc5c4c3cc21. The van der Waals surface area contributed by atoms with E-state index < -0.39 is 0 Å². The predicted molar refractivity (Wildman–Crippen MR) is 228 cm³/mol. The van der Waals surface area contributed by atoms with Crippen molar-refractivity contribution in [3.8, 4) is 33.4 Å². The first-order valence-corrected chi connectivity index (χ1v) is 19.2. The van der Waals surface area contributed by atoms with Crippen LogP contribution in [0.25, 0.3) is 108 Å². The molecule has 1 aliphatic rings. The van der Waals surface area contributed by atoms with Crippen molar-refractivity contribution >= 4 is 85.8 Å². The molecule has 0 spiro atoms. The van der Waals surface area contributed by atoms with Crippen LogP contribution in [-0.2, 0) is 5.41 Å². The quantitative estimate of drug-likeness (QED) is 0.164. The fraction of sp³-hybridized carbons (Fsp3) is 0.0588. The molecule has 0 saturated carbocycles. The Labute approximate surface area is 310 Å². The van der Waals surface area contributed by atoms with Crippen molar-refractivity contribution in [1.82, 2.24) is 0 Å². The van der Waals surface area contributed by atoms with E-state index in [0.29, 0.717) is 0 Å². The van der Waals surface area contributed by atoms with Gasteiger partial charge in [-0.2, -0.15) is 0 Å². The number of benzene rings is 9. The topological polar surface area (TPSA) is 13.1 Å². The summed E-state index contributed by atoms with van der Waals surface area (Å²) >= 11 is 1.87. The van der Waals surface area contributed by atoms with E-state index in [1.165, 1.54) is 108 Å². The van der Waals surface area contributed by atoms with Gasteiger partial charge in [0.05, 0.1) is 0 Å². The fourth-order valence-electron chi connectivity index (χ4n) is 9.58. The van der Waals surface area contributed by atoms with Gasteiger partial charge in [-0.1, -0.05) is 123 Å². The Hall–Kier alpha value is -6.22. The van der Waals surface area contributed by atoms with E-state index in [9.17, 15) is 0 Å². The molecule has 2 heterocycles. The van der Waals surface area contributed by atoms with E-state index >= 15 is 0 Å². The Morgan fingerprint density at radius 2 is 1.00 bits per heavy atom. The lowest BCUT2D eigenvalue weighted by Crippen LogP contribution is -2.14. The van der Waals surface area contributed by atoms with E-state index in [-0.39, 0.29) is 5.41 Å². The van der Waals surface area contributed by atoms with Gasteiger partial charge in [0.1, 0.15) is 11.2 Å². The number of rotatable bonds is 2. The van der Waals surface area contributed by atoms with Crippen molar-refractivity contribution in [3.05, 3.63) is 169 Å². The molecule has 11 aromatic rings. The van der Waals surface area contributed by atoms with Crippen LogP contribution >= 0.6 is 11.3 Å². The smallest absolute Gasteiger partial charge is 0.136 e. The fourth-order valence-corrected chi connectivity index (χ4v) is 10.7. The first-order valence-electron chi connectivity index (χ1n) is 18.4. The molecule has 1 nitrogen and oxygen atoms in total. The predicted octanol–water partition coefficient (Wildman–Crippen LogP) is 15.1. The molecule has 0 amide bonds. The van der Waals surface area contributed by atoms with Crippen LogP contribution in [0.5, 0.6) is 0 Å². The highest BCUT2D eigenvalue weighted by Crippen LogP contribution is 2.53. The number of hydrogen-bond donors (Lipinski definition) is 0. The summed E-state index contributed by atoms with van der Waals surface area (Å²) in [5, 5.41) is 12.7. The zero-order valence-corrected chi connectivity index (χ0v) is 30.1. The summed E-state index contributed by atoms with van der Waals surface area (Å²) < 4.78 is 8.96. The van der Waals surface area contributed by atoms with Gasteiger partial charge >= 0.3 is 0 Å². The highest BCUT2D eigenvalue weighted by Gasteiger charge is 2.36. The molecule has 53 heavy (non-hydrogen) atoms. The van der Waals surface area contributed by atoms with Gasteiger partial charge in [-0.05, 0) is 125 Å². The highest BCUT2D eigenvalue weighted by molar-refractivity contribution is 7.25. The average Bonchev–Trinajstić information content (AvgIpc) is 3.83. The van der Waals surface area contributed by atoms with Crippen LogP contribution in [0.1, 0.15) is 25.0 Å². The summed E-state index contributed by atoms with van der Waals surface area (Å²) in [4.78, 5) is 0. The molecular weight excluding hydrogens is 661 g/mol. The normalized spacial score (nSPS) is 13.6. The monoisotopic (exact) mass is 692 g/mol. The molecule has 0 bridgehead atoms. The van der Waals surface area contributed by atoms with Crippen molar-refractivity contribution in [3.63, 3.8) is 0 Å². The summed E-state index contributed by atoms with van der Waals surface area (Å²) in [7, 11) is 0. The van der Waals surface area contributed by atoms with Crippen LogP contribution in [0.4, 0.5) is 0 Å². The van der Waals surface area contributed by atoms with Gasteiger partial charge in [-0.15, -0.1) is 11.3 Å². The van der Waals surface area contributed by atoms with Gasteiger partial charge in [-0.25, -0.2) is 0 Å². The van der Waals surface area contributed by atoms with Gasteiger partial charge < -0.3 is 4.42 Å². The lowest BCUT2D eigenvalue weighted by molar-refractivity contribution is 0.661.